The normalized spacial score (nSPS) is 18.9. The summed E-state index contributed by atoms with van der Waals surface area (Å²) in [4.78, 5) is 25.6. The van der Waals surface area contributed by atoms with Gasteiger partial charge in [0, 0.05) is 32.8 Å². The number of hydrogen-bond acceptors (Lipinski definition) is 4. The van der Waals surface area contributed by atoms with Gasteiger partial charge in [0.05, 0.1) is 5.92 Å². The van der Waals surface area contributed by atoms with Gasteiger partial charge >= 0.3 is 0 Å². The molecule has 1 aliphatic rings. The lowest BCUT2D eigenvalue weighted by atomic mass is 9.97. The van der Waals surface area contributed by atoms with E-state index in [4.69, 9.17) is 10.5 Å². The summed E-state index contributed by atoms with van der Waals surface area (Å²) in [5.74, 6) is -0.132. The van der Waals surface area contributed by atoms with Crippen molar-refractivity contribution in [3.63, 3.8) is 0 Å². The molecule has 20 heavy (non-hydrogen) atoms. The fourth-order valence-corrected chi connectivity index (χ4v) is 2.25. The molecule has 0 aliphatic carbocycles. The summed E-state index contributed by atoms with van der Waals surface area (Å²) in [6, 6.07) is 0. The first-order valence-electron chi connectivity index (χ1n) is 7.52. The number of nitrogens with two attached hydrogens (primary N) is 1. The van der Waals surface area contributed by atoms with Crippen LogP contribution in [0.25, 0.3) is 0 Å². The van der Waals surface area contributed by atoms with Crippen molar-refractivity contribution in [1.29, 1.82) is 0 Å². The Balaban J connectivity index is 2.32. The van der Waals surface area contributed by atoms with Crippen LogP contribution in [-0.2, 0) is 14.3 Å². The zero-order valence-corrected chi connectivity index (χ0v) is 12.4. The number of carbonyl (C=O) groups excluding carboxylic acids is 2. The number of rotatable bonds is 8. The highest BCUT2D eigenvalue weighted by atomic mass is 16.5. The van der Waals surface area contributed by atoms with Gasteiger partial charge in [-0.3, -0.25) is 9.59 Å². The SMILES string of the molecule is CCCCOCC(=O)N1CCCC(C(=O)NCCN)C1. The van der Waals surface area contributed by atoms with E-state index < -0.39 is 0 Å². The second-order valence-electron chi connectivity index (χ2n) is 5.16. The third kappa shape index (κ3) is 5.88. The highest BCUT2D eigenvalue weighted by Gasteiger charge is 2.27. The Bertz CT molecular complexity index is 310. The number of ether oxygens (including phenoxy) is 1. The monoisotopic (exact) mass is 285 g/mol. The maximum absolute atomic E-state index is 12.0. The quantitative estimate of drug-likeness (QED) is 0.620. The minimum atomic E-state index is -0.116. The van der Waals surface area contributed by atoms with Crippen molar-refractivity contribution < 1.29 is 14.3 Å². The molecule has 1 saturated heterocycles. The highest BCUT2D eigenvalue weighted by molar-refractivity contribution is 5.81. The van der Waals surface area contributed by atoms with Crippen molar-refractivity contribution in [2.45, 2.75) is 32.6 Å². The van der Waals surface area contributed by atoms with Crippen molar-refractivity contribution in [3.05, 3.63) is 0 Å². The number of hydrogen-bond donors (Lipinski definition) is 2. The van der Waals surface area contributed by atoms with E-state index in [1.54, 1.807) is 4.90 Å². The summed E-state index contributed by atoms with van der Waals surface area (Å²) in [6.07, 6.45) is 3.72. The van der Waals surface area contributed by atoms with Gasteiger partial charge in [-0.1, -0.05) is 13.3 Å². The average molecular weight is 285 g/mol. The molecule has 1 atom stereocenters. The number of piperidine rings is 1. The molecule has 0 radical (unpaired) electrons. The van der Waals surface area contributed by atoms with E-state index in [1.807, 2.05) is 0 Å². The molecule has 0 aromatic heterocycles. The molecule has 1 rings (SSSR count). The second kappa shape index (κ2) is 9.72. The molecule has 2 amide bonds. The molecule has 1 fully saturated rings. The van der Waals surface area contributed by atoms with Crippen LogP contribution >= 0.6 is 0 Å². The lowest BCUT2D eigenvalue weighted by Crippen LogP contribution is -2.47. The Morgan fingerprint density at radius 1 is 1.45 bits per heavy atom. The van der Waals surface area contributed by atoms with Crippen molar-refractivity contribution in [2.75, 3.05) is 39.4 Å². The molecular weight excluding hydrogens is 258 g/mol. The Morgan fingerprint density at radius 2 is 2.25 bits per heavy atom. The van der Waals surface area contributed by atoms with Crippen LogP contribution in [0.1, 0.15) is 32.6 Å². The van der Waals surface area contributed by atoms with E-state index in [1.165, 1.54) is 0 Å². The highest BCUT2D eigenvalue weighted by Crippen LogP contribution is 2.16. The molecular formula is C14H27N3O3. The van der Waals surface area contributed by atoms with Crippen LogP contribution in [0.2, 0.25) is 0 Å². The number of carbonyl (C=O) groups is 2. The Morgan fingerprint density at radius 3 is 2.95 bits per heavy atom. The zero-order chi connectivity index (χ0) is 14.8. The van der Waals surface area contributed by atoms with Gasteiger partial charge in [-0.2, -0.15) is 0 Å². The fourth-order valence-electron chi connectivity index (χ4n) is 2.25. The van der Waals surface area contributed by atoms with Crippen LogP contribution in [-0.4, -0.2) is 56.1 Å². The number of amides is 2. The second-order valence-corrected chi connectivity index (χ2v) is 5.16. The third-order valence-corrected chi connectivity index (χ3v) is 3.46. The molecule has 0 aromatic carbocycles. The van der Waals surface area contributed by atoms with Gasteiger partial charge in [0.25, 0.3) is 0 Å². The minimum absolute atomic E-state index is 0.000138. The molecule has 3 N–H and O–H groups in total. The van der Waals surface area contributed by atoms with Gasteiger partial charge in [-0.25, -0.2) is 0 Å². The lowest BCUT2D eigenvalue weighted by molar-refractivity contribution is -0.139. The van der Waals surface area contributed by atoms with E-state index in [2.05, 4.69) is 12.2 Å². The fraction of sp³-hybridized carbons (Fsp3) is 0.857. The molecule has 0 saturated carbocycles. The standard InChI is InChI=1S/C14H27N3O3/c1-2-3-9-20-11-13(18)17-8-4-5-12(10-17)14(19)16-7-6-15/h12H,2-11,15H2,1H3,(H,16,19). The van der Waals surface area contributed by atoms with Crippen molar-refractivity contribution in [1.82, 2.24) is 10.2 Å². The maximum Gasteiger partial charge on any atom is 0.248 e. The molecule has 6 nitrogen and oxygen atoms in total. The molecule has 1 unspecified atom stereocenters. The van der Waals surface area contributed by atoms with Gasteiger partial charge in [0.15, 0.2) is 0 Å². The number of likely N-dealkylation sites (tertiary alicyclic amines) is 1. The van der Waals surface area contributed by atoms with Crippen LogP contribution in [0.15, 0.2) is 0 Å². The van der Waals surface area contributed by atoms with Gasteiger partial charge < -0.3 is 20.7 Å². The summed E-state index contributed by atoms with van der Waals surface area (Å²) >= 11 is 0. The molecule has 116 valence electrons. The predicted molar refractivity (Wildman–Crippen MR) is 77.1 cm³/mol. The minimum Gasteiger partial charge on any atom is -0.372 e. The predicted octanol–water partition coefficient (Wildman–Crippen LogP) is 0.117. The molecule has 0 bridgehead atoms. The summed E-state index contributed by atoms with van der Waals surface area (Å²) in [7, 11) is 0. The van der Waals surface area contributed by atoms with E-state index in [0.29, 0.717) is 26.2 Å². The summed E-state index contributed by atoms with van der Waals surface area (Å²) < 4.78 is 5.34. The largest absolute Gasteiger partial charge is 0.372 e. The maximum atomic E-state index is 12.0. The summed E-state index contributed by atoms with van der Waals surface area (Å²) in [5, 5.41) is 2.79. The van der Waals surface area contributed by atoms with Gasteiger partial charge in [-0.15, -0.1) is 0 Å². The van der Waals surface area contributed by atoms with Crippen LogP contribution in [0.3, 0.4) is 0 Å². The van der Waals surface area contributed by atoms with Crippen LogP contribution in [0, 0.1) is 5.92 Å². The van der Waals surface area contributed by atoms with Gasteiger partial charge in [0.2, 0.25) is 11.8 Å². The van der Waals surface area contributed by atoms with Crippen LogP contribution < -0.4 is 11.1 Å². The zero-order valence-electron chi connectivity index (χ0n) is 12.4. The van der Waals surface area contributed by atoms with E-state index in [0.717, 1.165) is 32.2 Å². The molecule has 1 aliphatic heterocycles. The Labute approximate surface area is 121 Å². The summed E-state index contributed by atoms with van der Waals surface area (Å²) in [5.41, 5.74) is 5.37. The first-order chi connectivity index (χ1) is 9.69. The van der Waals surface area contributed by atoms with Crippen molar-refractivity contribution in [2.24, 2.45) is 11.7 Å². The van der Waals surface area contributed by atoms with Crippen molar-refractivity contribution >= 4 is 11.8 Å². The summed E-state index contributed by atoms with van der Waals surface area (Å²) in [6.45, 7) is 4.97. The molecule has 6 heteroatoms. The topological polar surface area (TPSA) is 84.7 Å². The molecule has 0 aromatic rings. The van der Waals surface area contributed by atoms with Crippen LogP contribution in [0.5, 0.6) is 0 Å². The smallest absolute Gasteiger partial charge is 0.248 e. The van der Waals surface area contributed by atoms with E-state index in [-0.39, 0.29) is 24.3 Å². The third-order valence-electron chi connectivity index (χ3n) is 3.46. The Kier molecular flexibility index (Phi) is 8.22. The Hall–Kier alpha value is -1.14. The molecule has 0 spiro atoms. The number of nitrogens with one attached hydrogen (secondary N) is 1. The van der Waals surface area contributed by atoms with Crippen molar-refractivity contribution in [3.8, 4) is 0 Å². The first-order valence-corrected chi connectivity index (χ1v) is 7.52. The number of unbranched alkanes of at least 4 members (excludes halogenated alkanes) is 1. The van der Waals surface area contributed by atoms with E-state index >= 15 is 0 Å². The average Bonchev–Trinajstić information content (AvgIpc) is 2.49. The lowest BCUT2D eigenvalue weighted by Gasteiger charge is -2.32. The molecule has 1 heterocycles. The van der Waals surface area contributed by atoms with Gasteiger partial charge in [-0.05, 0) is 19.3 Å². The van der Waals surface area contributed by atoms with Gasteiger partial charge in [0.1, 0.15) is 6.61 Å². The first kappa shape index (κ1) is 16.9. The van der Waals surface area contributed by atoms with Crippen LogP contribution in [0.4, 0.5) is 0 Å². The van der Waals surface area contributed by atoms with E-state index in [9.17, 15) is 9.59 Å². The number of nitrogens with zero attached hydrogens (tertiary/aromatic N) is 1.